The fourth-order valence-corrected chi connectivity index (χ4v) is 3.36. The van der Waals surface area contributed by atoms with Gasteiger partial charge in [0.15, 0.2) is 0 Å². The predicted octanol–water partition coefficient (Wildman–Crippen LogP) is 2.03. The molecule has 0 saturated carbocycles. The number of benzene rings is 1. The maximum atomic E-state index is 13.1. The molecule has 0 atom stereocenters. The normalized spacial score (nSPS) is 14.6. The maximum Gasteiger partial charge on any atom is 0.261 e. The third-order valence-electron chi connectivity index (χ3n) is 4.79. The first kappa shape index (κ1) is 18.8. The van der Waals surface area contributed by atoms with Crippen LogP contribution in [0.1, 0.15) is 27.1 Å². The molecule has 2 heterocycles. The van der Waals surface area contributed by atoms with Crippen LogP contribution >= 0.6 is 0 Å². The fraction of sp³-hybridized carbons (Fsp3) is 0.400. The number of aromatic nitrogens is 1. The molecule has 1 aromatic heterocycles. The third kappa shape index (κ3) is 3.92. The molecule has 0 spiro atoms. The van der Waals surface area contributed by atoms with Crippen LogP contribution in [0.2, 0.25) is 0 Å². The molecule has 0 unspecified atom stereocenters. The van der Waals surface area contributed by atoms with E-state index in [9.17, 15) is 9.59 Å². The molecule has 0 bridgehead atoms. The van der Waals surface area contributed by atoms with Gasteiger partial charge in [-0.3, -0.25) is 9.59 Å². The molecule has 0 aliphatic carbocycles. The summed E-state index contributed by atoms with van der Waals surface area (Å²) in [6, 6.07) is 7.10. The van der Waals surface area contributed by atoms with Gasteiger partial charge in [-0.1, -0.05) is 6.07 Å². The van der Waals surface area contributed by atoms with Crippen LogP contribution in [0.15, 0.2) is 36.7 Å². The van der Waals surface area contributed by atoms with Gasteiger partial charge >= 0.3 is 0 Å². The maximum absolute atomic E-state index is 13.1. The molecule has 1 aromatic carbocycles. The van der Waals surface area contributed by atoms with Crippen molar-refractivity contribution in [3.05, 3.63) is 47.8 Å². The van der Waals surface area contributed by atoms with Gasteiger partial charge in [0.2, 0.25) is 0 Å². The van der Waals surface area contributed by atoms with Gasteiger partial charge in [-0.05, 0) is 24.6 Å². The number of hydrogen-bond acceptors (Lipinski definition) is 4. The van der Waals surface area contributed by atoms with E-state index in [1.54, 1.807) is 23.1 Å². The van der Waals surface area contributed by atoms with Crippen molar-refractivity contribution in [2.75, 3.05) is 40.4 Å². The first-order valence-electron chi connectivity index (χ1n) is 8.96. The topological polar surface area (TPSA) is 64.0 Å². The second-order valence-corrected chi connectivity index (χ2v) is 6.54. The van der Waals surface area contributed by atoms with E-state index in [2.05, 4.69) is 0 Å². The monoisotopic (exact) mass is 371 g/mol. The summed E-state index contributed by atoms with van der Waals surface area (Å²) >= 11 is 0. The lowest BCUT2D eigenvalue weighted by Crippen LogP contribution is -2.37. The second-order valence-electron chi connectivity index (χ2n) is 6.54. The largest absolute Gasteiger partial charge is 0.496 e. The van der Waals surface area contributed by atoms with Crippen LogP contribution in [-0.2, 0) is 7.05 Å². The number of hydrogen-bond donors (Lipinski definition) is 0. The van der Waals surface area contributed by atoms with Crippen molar-refractivity contribution in [3.8, 4) is 11.5 Å². The van der Waals surface area contributed by atoms with Crippen LogP contribution in [-0.4, -0.2) is 66.6 Å². The highest BCUT2D eigenvalue weighted by Crippen LogP contribution is 2.30. The minimum Gasteiger partial charge on any atom is -0.496 e. The number of methoxy groups -OCH3 is 2. The molecule has 0 N–H and O–H groups in total. The summed E-state index contributed by atoms with van der Waals surface area (Å²) in [5, 5.41) is 0. The van der Waals surface area contributed by atoms with Crippen molar-refractivity contribution < 1.29 is 19.1 Å². The lowest BCUT2D eigenvalue weighted by atomic mass is 10.1. The highest BCUT2D eigenvalue weighted by atomic mass is 16.5. The quantitative estimate of drug-likeness (QED) is 0.825. The molecule has 27 heavy (non-hydrogen) atoms. The van der Waals surface area contributed by atoms with Crippen molar-refractivity contribution in [1.82, 2.24) is 14.4 Å². The third-order valence-corrected chi connectivity index (χ3v) is 4.79. The fourth-order valence-electron chi connectivity index (χ4n) is 3.36. The average molecular weight is 371 g/mol. The van der Waals surface area contributed by atoms with Gasteiger partial charge < -0.3 is 23.8 Å². The lowest BCUT2D eigenvalue weighted by Gasteiger charge is -2.23. The Morgan fingerprint density at radius 2 is 1.48 bits per heavy atom. The van der Waals surface area contributed by atoms with Crippen LogP contribution in [0.3, 0.4) is 0 Å². The Labute approximate surface area is 159 Å². The summed E-state index contributed by atoms with van der Waals surface area (Å²) in [6.45, 7) is 2.18. The highest BCUT2D eigenvalue weighted by molar-refractivity contribution is 6.00. The van der Waals surface area contributed by atoms with Crippen LogP contribution in [0, 0.1) is 0 Å². The van der Waals surface area contributed by atoms with Crippen molar-refractivity contribution >= 4 is 11.8 Å². The van der Waals surface area contributed by atoms with E-state index >= 15 is 0 Å². The van der Waals surface area contributed by atoms with Crippen LogP contribution in [0.4, 0.5) is 0 Å². The Morgan fingerprint density at radius 1 is 0.889 bits per heavy atom. The Balaban J connectivity index is 1.75. The number of carbonyl (C=O) groups is 2. The number of nitrogens with zero attached hydrogens (tertiary/aromatic N) is 3. The predicted molar refractivity (Wildman–Crippen MR) is 101 cm³/mol. The van der Waals surface area contributed by atoms with Gasteiger partial charge in [-0.25, -0.2) is 0 Å². The van der Waals surface area contributed by atoms with Gasteiger partial charge in [0, 0.05) is 45.6 Å². The van der Waals surface area contributed by atoms with Gasteiger partial charge in [0.1, 0.15) is 17.1 Å². The zero-order chi connectivity index (χ0) is 19.4. The lowest BCUT2D eigenvalue weighted by molar-refractivity contribution is 0.0715. The van der Waals surface area contributed by atoms with E-state index in [4.69, 9.17) is 9.47 Å². The van der Waals surface area contributed by atoms with E-state index < -0.39 is 0 Å². The summed E-state index contributed by atoms with van der Waals surface area (Å²) in [6.07, 6.45) is 4.40. The van der Waals surface area contributed by atoms with Gasteiger partial charge in [0.05, 0.1) is 19.8 Å². The molecule has 1 aliphatic rings. The van der Waals surface area contributed by atoms with Crippen LogP contribution in [0.5, 0.6) is 11.5 Å². The molecule has 7 nitrogen and oxygen atoms in total. The van der Waals surface area contributed by atoms with Crippen molar-refractivity contribution in [1.29, 1.82) is 0 Å². The number of ether oxygens (including phenoxy) is 2. The first-order chi connectivity index (χ1) is 13.0. The molecule has 1 saturated heterocycles. The molecule has 3 rings (SSSR count). The number of aryl methyl sites for hydroxylation is 1. The summed E-state index contributed by atoms with van der Waals surface area (Å²) < 4.78 is 12.6. The summed E-state index contributed by atoms with van der Waals surface area (Å²) in [4.78, 5) is 29.4. The van der Waals surface area contributed by atoms with Crippen LogP contribution in [0.25, 0.3) is 0 Å². The van der Waals surface area contributed by atoms with E-state index in [1.807, 2.05) is 35.0 Å². The molecule has 0 radical (unpaired) electrons. The smallest absolute Gasteiger partial charge is 0.261 e. The Kier molecular flexibility index (Phi) is 5.69. The SMILES string of the molecule is COc1cccc(OC)c1C(=O)N1CCCN(C(=O)c2ccn(C)c2)CC1. The molecular formula is C20H25N3O4. The zero-order valence-corrected chi connectivity index (χ0v) is 16.0. The molecule has 1 fully saturated rings. The number of amides is 2. The van der Waals surface area contributed by atoms with E-state index in [-0.39, 0.29) is 11.8 Å². The van der Waals surface area contributed by atoms with Crippen molar-refractivity contribution in [3.63, 3.8) is 0 Å². The number of carbonyl (C=O) groups excluding carboxylic acids is 2. The molecule has 2 aromatic rings. The molecular weight excluding hydrogens is 346 g/mol. The Morgan fingerprint density at radius 3 is 2.00 bits per heavy atom. The molecule has 144 valence electrons. The molecule has 7 heteroatoms. The van der Waals surface area contributed by atoms with E-state index in [1.165, 1.54) is 14.2 Å². The Bertz CT molecular complexity index is 808. The summed E-state index contributed by atoms with van der Waals surface area (Å²) in [5.74, 6) is 0.833. The Hall–Kier alpha value is -2.96. The second kappa shape index (κ2) is 8.16. The van der Waals surface area contributed by atoms with E-state index in [0.29, 0.717) is 48.8 Å². The minimum atomic E-state index is -0.140. The molecule has 1 aliphatic heterocycles. The zero-order valence-electron chi connectivity index (χ0n) is 16.0. The van der Waals surface area contributed by atoms with Crippen molar-refractivity contribution in [2.45, 2.75) is 6.42 Å². The summed E-state index contributed by atoms with van der Waals surface area (Å²) in [7, 11) is 4.96. The van der Waals surface area contributed by atoms with Crippen molar-refractivity contribution in [2.24, 2.45) is 7.05 Å². The summed E-state index contributed by atoms with van der Waals surface area (Å²) in [5.41, 5.74) is 1.09. The average Bonchev–Trinajstić information content (AvgIpc) is 2.98. The van der Waals surface area contributed by atoms with Crippen LogP contribution < -0.4 is 9.47 Å². The van der Waals surface area contributed by atoms with Gasteiger partial charge in [-0.15, -0.1) is 0 Å². The van der Waals surface area contributed by atoms with Gasteiger partial charge in [-0.2, -0.15) is 0 Å². The van der Waals surface area contributed by atoms with E-state index in [0.717, 1.165) is 6.42 Å². The number of rotatable bonds is 4. The first-order valence-corrected chi connectivity index (χ1v) is 8.96. The van der Waals surface area contributed by atoms with Gasteiger partial charge in [0.25, 0.3) is 11.8 Å². The minimum absolute atomic E-state index is 0.000212. The standard InChI is InChI=1S/C20H25N3O4/c1-21-11-8-15(14-21)19(24)22-9-5-10-23(13-12-22)20(25)18-16(26-2)6-4-7-17(18)27-3/h4,6-8,11,14H,5,9-10,12-13H2,1-3H3. The molecule has 2 amide bonds. The highest BCUT2D eigenvalue weighted by Gasteiger charge is 2.27.